The molecule has 0 spiro atoms. The average Bonchev–Trinajstić information content (AvgIpc) is 2.55. The molecule has 0 fully saturated rings. The Hall–Kier alpha value is -1.09. The molecule has 1 rings (SSSR count). The lowest BCUT2D eigenvalue weighted by molar-refractivity contribution is 0.143. The van der Waals surface area contributed by atoms with Gasteiger partial charge in [-0.05, 0) is 32.8 Å². The Morgan fingerprint density at radius 3 is 2.74 bits per heavy atom. The molecule has 0 radical (unpaired) electrons. The van der Waals surface area contributed by atoms with Gasteiger partial charge >= 0.3 is 0 Å². The number of nitrogens with one attached hydrogen (secondary N) is 2. The molecule has 132 valence electrons. The van der Waals surface area contributed by atoms with Crippen molar-refractivity contribution in [3.63, 3.8) is 0 Å². The summed E-state index contributed by atoms with van der Waals surface area (Å²) < 4.78 is 10.8. The molecule has 1 heterocycles. The molecule has 0 unspecified atom stereocenters. The van der Waals surface area contributed by atoms with Crippen molar-refractivity contribution < 1.29 is 9.47 Å². The van der Waals surface area contributed by atoms with E-state index in [0.29, 0.717) is 19.0 Å². The van der Waals surface area contributed by atoms with Crippen LogP contribution in [0.4, 0.5) is 0 Å². The van der Waals surface area contributed by atoms with Crippen molar-refractivity contribution in [1.82, 2.24) is 15.6 Å². The number of rotatable bonds is 10. The Bertz CT molecular complexity index is 444. The van der Waals surface area contributed by atoms with Crippen LogP contribution in [0, 0.1) is 0 Å². The van der Waals surface area contributed by atoms with Crippen molar-refractivity contribution in [3.8, 4) is 5.88 Å². The van der Waals surface area contributed by atoms with E-state index in [1.807, 2.05) is 26.0 Å². The van der Waals surface area contributed by atoms with Gasteiger partial charge in [0.15, 0.2) is 5.96 Å². The van der Waals surface area contributed by atoms with E-state index in [0.717, 1.165) is 44.1 Å². The van der Waals surface area contributed by atoms with E-state index < -0.39 is 0 Å². The van der Waals surface area contributed by atoms with E-state index in [1.165, 1.54) is 0 Å². The molecule has 7 heteroatoms. The van der Waals surface area contributed by atoms with Crippen LogP contribution in [0.15, 0.2) is 23.3 Å². The summed E-state index contributed by atoms with van der Waals surface area (Å²) in [6.45, 7) is 7.67. The van der Waals surface area contributed by atoms with Crippen molar-refractivity contribution in [1.29, 1.82) is 0 Å². The predicted octanol–water partition coefficient (Wildman–Crippen LogP) is 2.58. The number of ether oxygens (including phenoxy) is 2. The molecule has 6 nitrogen and oxygen atoms in total. The topological polar surface area (TPSA) is 67.8 Å². The molecular weight excluding hydrogens is 407 g/mol. The van der Waals surface area contributed by atoms with E-state index in [4.69, 9.17) is 9.47 Å². The highest BCUT2D eigenvalue weighted by atomic mass is 127. The lowest BCUT2D eigenvalue weighted by atomic mass is 10.2. The zero-order valence-corrected chi connectivity index (χ0v) is 16.6. The minimum atomic E-state index is 0. The fraction of sp³-hybridized carbons (Fsp3) is 0.625. The molecule has 0 aliphatic heterocycles. The number of aromatic nitrogens is 1. The number of guanidine groups is 1. The Balaban J connectivity index is 0.00000484. The molecule has 0 amide bonds. The maximum absolute atomic E-state index is 5.51. The first kappa shape index (κ1) is 21.9. The van der Waals surface area contributed by atoms with Crippen LogP contribution in [0.1, 0.15) is 32.3 Å². The number of unbranched alkanes of at least 4 members (excludes halogenated alkanes) is 1. The molecule has 23 heavy (non-hydrogen) atoms. The molecule has 0 saturated heterocycles. The standard InChI is InChI=1S/C16H28N4O2.HI/c1-4-21-12-7-6-10-19-16(17-3)20-13-14-9-8-11-18-15(14)22-5-2;/h8-9,11H,4-7,10,12-13H2,1-3H3,(H2,17,19,20);1H. The Labute approximate surface area is 156 Å². The summed E-state index contributed by atoms with van der Waals surface area (Å²) in [6.07, 6.45) is 3.84. The quantitative estimate of drug-likeness (QED) is 0.256. The first-order valence-electron chi connectivity index (χ1n) is 7.90. The smallest absolute Gasteiger partial charge is 0.218 e. The SMILES string of the molecule is CCOCCCCNC(=NC)NCc1cccnc1OCC.I. The first-order chi connectivity index (χ1) is 10.8. The number of pyridine rings is 1. The second-order valence-electron chi connectivity index (χ2n) is 4.66. The van der Waals surface area contributed by atoms with Crippen LogP contribution < -0.4 is 15.4 Å². The van der Waals surface area contributed by atoms with Crippen LogP contribution in [-0.2, 0) is 11.3 Å². The van der Waals surface area contributed by atoms with Gasteiger partial charge in [0.1, 0.15) is 0 Å². The third kappa shape index (κ3) is 9.60. The third-order valence-corrected chi connectivity index (χ3v) is 3.01. The first-order valence-corrected chi connectivity index (χ1v) is 7.90. The zero-order chi connectivity index (χ0) is 16.0. The van der Waals surface area contributed by atoms with Gasteiger partial charge in [-0.2, -0.15) is 0 Å². The van der Waals surface area contributed by atoms with Gasteiger partial charge in [0.2, 0.25) is 5.88 Å². The summed E-state index contributed by atoms with van der Waals surface area (Å²) in [7, 11) is 1.77. The minimum Gasteiger partial charge on any atom is -0.478 e. The molecule has 1 aromatic heterocycles. The summed E-state index contributed by atoms with van der Waals surface area (Å²) in [5, 5.41) is 6.56. The fourth-order valence-corrected chi connectivity index (χ4v) is 1.91. The van der Waals surface area contributed by atoms with Gasteiger partial charge in [0.25, 0.3) is 0 Å². The Morgan fingerprint density at radius 2 is 2.04 bits per heavy atom. The van der Waals surface area contributed by atoms with E-state index in [-0.39, 0.29) is 24.0 Å². The van der Waals surface area contributed by atoms with E-state index in [1.54, 1.807) is 13.2 Å². The highest BCUT2D eigenvalue weighted by molar-refractivity contribution is 14.0. The summed E-state index contributed by atoms with van der Waals surface area (Å²) in [4.78, 5) is 8.45. The highest BCUT2D eigenvalue weighted by Gasteiger charge is 2.05. The molecule has 2 N–H and O–H groups in total. The monoisotopic (exact) mass is 436 g/mol. The van der Waals surface area contributed by atoms with E-state index in [9.17, 15) is 0 Å². The summed E-state index contributed by atoms with van der Waals surface area (Å²) in [6, 6.07) is 3.91. The molecule has 0 saturated carbocycles. The van der Waals surface area contributed by atoms with Gasteiger partial charge in [0.05, 0.1) is 6.61 Å². The Kier molecular flexibility index (Phi) is 13.8. The predicted molar refractivity (Wildman–Crippen MR) is 105 cm³/mol. The second kappa shape index (κ2) is 14.5. The lowest BCUT2D eigenvalue weighted by Crippen LogP contribution is -2.37. The largest absolute Gasteiger partial charge is 0.478 e. The molecule has 1 aromatic rings. The van der Waals surface area contributed by atoms with Gasteiger partial charge in [0, 0.05) is 45.1 Å². The zero-order valence-electron chi connectivity index (χ0n) is 14.3. The Morgan fingerprint density at radius 1 is 1.22 bits per heavy atom. The normalized spacial score (nSPS) is 10.8. The molecule has 0 aromatic carbocycles. The van der Waals surface area contributed by atoms with Gasteiger partial charge in [-0.1, -0.05) is 6.07 Å². The van der Waals surface area contributed by atoms with Gasteiger partial charge < -0.3 is 20.1 Å². The number of hydrogen-bond acceptors (Lipinski definition) is 4. The van der Waals surface area contributed by atoms with Crippen molar-refractivity contribution in [2.75, 3.05) is 33.4 Å². The van der Waals surface area contributed by atoms with E-state index >= 15 is 0 Å². The molecule has 0 bridgehead atoms. The van der Waals surface area contributed by atoms with Crippen LogP contribution in [0.3, 0.4) is 0 Å². The van der Waals surface area contributed by atoms with Gasteiger partial charge in [-0.25, -0.2) is 4.98 Å². The number of nitrogens with zero attached hydrogens (tertiary/aromatic N) is 2. The van der Waals surface area contributed by atoms with Crippen molar-refractivity contribution in [3.05, 3.63) is 23.9 Å². The molecule has 0 atom stereocenters. The van der Waals surface area contributed by atoms with Crippen LogP contribution in [0.2, 0.25) is 0 Å². The molecule has 0 aliphatic carbocycles. The summed E-state index contributed by atoms with van der Waals surface area (Å²) in [5.74, 6) is 1.45. The average molecular weight is 436 g/mol. The molecule has 0 aliphatic rings. The maximum atomic E-state index is 5.51. The number of aliphatic imine (C=N–C) groups is 1. The second-order valence-corrected chi connectivity index (χ2v) is 4.66. The minimum absolute atomic E-state index is 0. The van der Waals surface area contributed by atoms with Crippen molar-refractivity contribution in [2.24, 2.45) is 4.99 Å². The van der Waals surface area contributed by atoms with Crippen molar-refractivity contribution >= 4 is 29.9 Å². The summed E-state index contributed by atoms with van der Waals surface area (Å²) in [5.41, 5.74) is 1.02. The lowest BCUT2D eigenvalue weighted by Gasteiger charge is -2.13. The maximum Gasteiger partial charge on any atom is 0.218 e. The fourth-order valence-electron chi connectivity index (χ4n) is 1.91. The van der Waals surface area contributed by atoms with Gasteiger partial charge in [-0.3, -0.25) is 4.99 Å². The van der Waals surface area contributed by atoms with Gasteiger partial charge in [-0.15, -0.1) is 24.0 Å². The van der Waals surface area contributed by atoms with Crippen molar-refractivity contribution in [2.45, 2.75) is 33.2 Å². The molecular formula is C16H29IN4O2. The number of halogens is 1. The van der Waals surface area contributed by atoms with Crippen LogP contribution in [0.25, 0.3) is 0 Å². The summed E-state index contributed by atoms with van der Waals surface area (Å²) >= 11 is 0. The third-order valence-electron chi connectivity index (χ3n) is 3.01. The van der Waals surface area contributed by atoms with Crippen LogP contribution in [-0.4, -0.2) is 44.4 Å². The van der Waals surface area contributed by atoms with Crippen LogP contribution >= 0.6 is 24.0 Å². The highest BCUT2D eigenvalue weighted by Crippen LogP contribution is 2.13. The van der Waals surface area contributed by atoms with E-state index in [2.05, 4.69) is 20.6 Å². The number of hydrogen-bond donors (Lipinski definition) is 2. The van der Waals surface area contributed by atoms with Crippen LogP contribution in [0.5, 0.6) is 5.88 Å².